The van der Waals surface area contributed by atoms with Gasteiger partial charge in [-0.15, -0.1) is 0 Å². The van der Waals surface area contributed by atoms with Crippen molar-refractivity contribution in [1.29, 1.82) is 0 Å². The van der Waals surface area contributed by atoms with Gasteiger partial charge in [0.2, 0.25) is 0 Å². The molecular formula is C10H28N2O8S2. The van der Waals surface area contributed by atoms with Crippen molar-refractivity contribution in [3.63, 3.8) is 0 Å². The zero-order valence-electron chi connectivity index (χ0n) is 13.9. The predicted molar refractivity (Wildman–Crippen MR) is 82.8 cm³/mol. The molecule has 1 atom stereocenters. The van der Waals surface area contributed by atoms with E-state index in [-0.39, 0.29) is 17.0 Å². The van der Waals surface area contributed by atoms with E-state index < -0.39 is 20.8 Å². The van der Waals surface area contributed by atoms with E-state index in [1.807, 2.05) is 20.8 Å². The molecule has 6 N–H and O–H groups in total. The highest BCUT2D eigenvalue weighted by Gasteiger charge is 2.36. The molecule has 0 aliphatic heterocycles. The smallest absolute Gasteiger partial charge is 0.327 e. The van der Waals surface area contributed by atoms with Gasteiger partial charge in [0.25, 0.3) is 0 Å². The Bertz CT molecular complexity index is 460. The fourth-order valence-electron chi connectivity index (χ4n) is 0.587. The quantitative estimate of drug-likeness (QED) is 0.492. The van der Waals surface area contributed by atoms with Crippen LogP contribution in [0.25, 0.3) is 0 Å². The molecule has 1 unspecified atom stereocenters. The first kappa shape index (κ1) is 26.6. The predicted octanol–water partition coefficient (Wildman–Crippen LogP) is -0.0317. The molecule has 0 amide bonds. The first-order valence-corrected chi connectivity index (χ1v) is 8.65. The lowest BCUT2D eigenvalue weighted by Gasteiger charge is -2.41. The number of rotatable bonds is 4. The van der Waals surface area contributed by atoms with E-state index >= 15 is 0 Å². The van der Waals surface area contributed by atoms with Crippen LogP contribution in [0.15, 0.2) is 0 Å². The van der Waals surface area contributed by atoms with Crippen LogP contribution >= 0.6 is 0 Å². The normalized spacial score (nSPS) is 14.1. The monoisotopic (exact) mass is 368 g/mol. The number of hydrogen-bond donors (Lipinski definition) is 4. The third-order valence-electron chi connectivity index (χ3n) is 3.22. The molecule has 0 fully saturated rings. The first-order valence-electron chi connectivity index (χ1n) is 5.92. The Morgan fingerprint density at radius 1 is 0.909 bits per heavy atom. The summed E-state index contributed by atoms with van der Waals surface area (Å²) in [5.74, 6) is 0. The van der Waals surface area contributed by atoms with Gasteiger partial charge in [-0.05, 0) is 26.2 Å². The maximum Gasteiger partial charge on any atom is 0.397 e. The molecule has 0 saturated carbocycles. The summed E-state index contributed by atoms with van der Waals surface area (Å²) >= 11 is 0. The van der Waals surface area contributed by atoms with Crippen molar-refractivity contribution < 1.29 is 34.3 Å². The zero-order valence-corrected chi connectivity index (χ0v) is 15.5. The summed E-state index contributed by atoms with van der Waals surface area (Å²) in [7, 11) is -6.58. The molecule has 0 spiro atoms. The summed E-state index contributed by atoms with van der Waals surface area (Å²) in [6.45, 7) is 10.2. The van der Waals surface area contributed by atoms with E-state index in [0.717, 1.165) is 14.2 Å². The minimum atomic E-state index is -4.16. The highest BCUT2D eigenvalue weighted by molar-refractivity contribution is 7.81. The summed E-state index contributed by atoms with van der Waals surface area (Å²) in [4.78, 5) is 0. The van der Waals surface area contributed by atoms with E-state index in [1.165, 1.54) is 0 Å². The minimum absolute atomic E-state index is 0.00694. The first-order chi connectivity index (χ1) is 9.31. The molecule has 0 heterocycles. The molecule has 0 aromatic rings. The third-order valence-corrected chi connectivity index (χ3v) is 4.06. The van der Waals surface area contributed by atoms with Crippen molar-refractivity contribution >= 4 is 20.8 Å². The minimum Gasteiger partial charge on any atom is -0.327 e. The molecule has 138 valence electrons. The van der Waals surface area contributed by atoms with Crippen molar-refractivity contribution in [2.45, 2.75) is 46.2 Å². The lowest BCUT2D eigenvalue weighted by atomic mass is 9.71. The summed E-state index contributed by atoms with van der Waals surface area (Å²) in [6.07, 6.45) is 0. The zero-order chi connectivity index (χ0) is 19.0. The maximum absolute atomic E-state index is 9.33. The summed E-state index contributed by atoms with van der Waals surface area (Å²) in [5.41, 5.74) is 11.5. The van der Waals surface area contributed by atoms with Crippen molar-refractivity contribution in [3.05, 3.63) is 0 Å². The lowest BCUT2D eigenvalue weighted by Crippen LogP contribution is -2.55. The average molecular weight is 368 g/mol. The van der Waals surface area contributed by atoms with Crippen molar-refractivity contribution in [1.82, 2.24) is 0 Å². The van der Waals surface area contributed by atoms with Gasteiger partial charge in [0.15, 0.2) is 0 Å². The molecule has 0 radical (unpaired) electrons. The largest absolute Gasteiger partial charge is 0.397 e. The fourth-order valence-corrected chi connectivity index (χ4v) is 0.587. The van der Waals surface area contributed by atoms with E-state index in [9.17, 15) is 16.8 Å². The lowest BCUT2D eigenvalue weighted by molar-refractivity contribution is 0.166. The Morgan fingerprint density at radius 3 is 1.09 bits per heavy atom. The van der Waals surface area contributed by atoms with Crippen LogP contribution in [0.4, 0.5) is 0 Å². The van der Waals surface area contributed by atoms with Crippen molar-refractivity contribution in [3.8, 4) is 0 Å². The summed E-state index contributed by atoms with van der Waals surface area (Å²) < 4.78 is 59.4. The molecule has 0 bridgehead atoms. The van der Waals surface area contributed by atoms with Gasteiger partial charge in [0.05, 0.1) is 14.2 Å². The van der Waals surface area contributed by atoms with Crippen LogP contribution in [0, 0.1) is 5.41 Å². The van der Waals surface area contributed by atoms with Crippen LogP contribution in [0.5, 0.6) is 0 Å². The van der Waals surface area contributed by atoms with Crippen molar-refractivity contribution in [2.75, 3.05) is 14.2 Å². The van der Waals surface area contributed by atoms with Gasteiger partial charge in [-0.2, -0.15) is 16.8 Å². The highest BCUT2D eigenvalue weighted by atomic mass is 32.3. The number of hydrogen-bond acceptors (Lipinski definition) is 8. The second-order valence-electron chi connectivity index (χ2n) is 5.42. The van der Waals surface area contributed by atoms with Gasteiger partial charge in [-0.1, -0.05) is 13.8 Å². The average Bonchev–Trinajstić information content (AvgIpc) is 2.27. The van der Waals surface area contributed by atoms with E-state index in [0.29, 0.717) is 0 Å². The second-order valence-corrected chi connectivity index (χ2v) is 7.80. The van der Waals surface area contributed by atoms with E-state index in [4.69, 9.17) is 20.6 Å². The Labute approximate surface area is 133 Å². The van der Waals surface area contributed by atoms with Crippen LogP contribution in [-0.2, 0) is 29.2 Å². The van der Waals surface area contributed by atoms with Crippen LogP contribution in [0.3, 0.4) is 0 Å². The van der Waals surface area contributed by atoms with Crippen LogP contribution in [0.2, 0.25) is 0 Å². The van der Waals surface area contributed by atoms with E-state index in [1.54, 1.807) is 0 Å². The summed E-state index contributed by atoms with van der Waals surface area (Å²) in [5, 5.41) is 0. The van der Waals surface area contributed by atoms with E-state index in [2.05, 4.69) is 22.2 Å². The van der Waals surface area contributed by atoms with Crippen LogP contribution in [-0.4, -0.2) is 51.7 Å². The van der Waals surface area contributed by atoms with Gasteiger partial charge in [0, 0.05) is 11.6 Å². The fraction of sp³-hybridized carbons (Fsp3) is 1.00. The Morgan fingerprint density at radius 2 is 1.09 bits per heavy atom. The SMILES string of the molecule is CC(N)C(C)(C)C(C)(C)N.COS(=O)(=O)O.COS(=O)(=O)O. The van der Waals surface area contributed by atoms with Gasteiger partial charge < -0.3 is 11.5 Å². The molecule has 0 aliphatic carbocycles. The molecule has 10 nitrogen and oxygen atoms in total. The third kappa shape index (κ3) is 16.0. The topological polar surface area (TPSA) is 179 Å². The van der Waals surface area contributed by atoms with Gasteiger partial charge >= 0.3 is 20.8 Å². The molecule has 0 aliphatic rings. The molecule has 12 heteroatoms. The Kier molecular flexibility index (Phi) is 11.7. The number of nitrogens with two attached hydrogens (primary N) is 2. The maximum atomic E-state index is 9.33. The Hall–Kier alpha value is -0.340. The molecule has 0 saturated heterocycles. The van der Waals surface area contributed by atoms with Gasteiger partial charge in [-0.3, -0.25) is 17.5 Å². The highest BCUT2D eigenvalue weighted by Crippen LogP contribution is 2.30. The molecule has 0 aromatic carbocycles. The molecule has 0 rings (SSSR count). The van der Waals surface area contributed by atoms with Crippen molar-refractivity contribution in [2.24, 2.45) is 16.9 Å². The molecule has 22 heavy (non-hydrogen) atoms. The molecular weight excluding hydrogens is 340 g/mol. The van der Waals surface area contributed by atoms with Gasteiger partial charge in [0.1, 0.15) is 0 Å². The van der Waals surface area contributed by atoms with Crippen LogP contribution in [0.1, 0.15) is 34.6 Å². The Balaban J connectivity index is -0.000000261. The summed E-state index contributed by atoms with van der Waals surface area (Å²) in [6, 6.07) is 0.132. The van der Waals surface area contributed by atoms with Gasteiger partial charge in [-0.25, -0.2) is 0 Å². The second kappa shape index (κ2) is 9.72. The van der Waals surface area contributed by atoms with Crippen LogP contribution < -0.4 is 11.5 Å². The standard InChI is InChI=1S/C8H20N2.2CH4O4S/c1-6(9)7(2,3)8(4,5)10;2*1-5-6(2,3)4/h6H,9-10H2,1-5H3;2*1H3,(H,2,3,4). The molecule has 0 aromatic heterocycles.